The minimum Gasteiger partial charge on any atom is -0.351 e. The molecule has 1 aliphatic carbocycles. The van der Waals surface area contributed by atoms with Gasteiger partial charge in [-0.2, -0.15) is 0 Å². The smallest absolute Gasteiger partial charge is 0.294 e. The van der Waals surface area contributed by atoms with E-state index < -0.39 is 0 Å². The Labute approximate surface area is 131 Å². The van der Waals surface area contributed by atoms with Gasteiger partial charge in [0.15, 0.2) is 5.82 Å². The number of amides is 1. The Bertz CT molecular complexity index is 864. The highest BCUT2D eigenvalue weighted by molar-refractivity contribution is 6.02. The molecule has 0 spiro atoms. The lowest BCUT2D eigenvalue weighted by Crippen LogP contribution is -2.11. The maximum absolute atomic E-state index is 12.1. The molecule has 8 nitrogen and oxygen atoms in total. The quantitative estimate of drug-likeness (QED) is 0.793. The van der Waals surface area contributed by atoms with Gasteiger partial charge in [-0.15, -0.1) is 5.10 Å². The molecule has 0 saturated heterocycles. The molecular formula is C15H14N6O2. The molecule has 0 radical (unpaired) electrons. The van der Waals surface area contributed by atoms with Crippen molar-refractivity contribution in [3.8, 4) is 11.4 Å². The van der Waals surface area contributed by atoms with Gasteiger partial charge in [-0.05, 0) is 42.3 Å². The third-order valence-corrected chi connectivity index (χ3v) is 3.62. The Balaban J connectivity index is 1.59. The Kier molecular flexibility index (Phi) is 3.14. The van der Waals surface area contributed by atoms with Gasteiger partial charge in [0.2, 0.25) is 5.76 Å². The molecular weight excluding hydrogens is 296 g/mol. The van der Waals surface area contributed by atoms with Crippen LogP contribution in [0.15, 0.2) is 34.9 Å². The summed E-state index contributed by atoms with van der Waals surface area (Å²) in [5.74, 6) is 0.541. The van der Waals surface area contributed by atoms with Gasteiger partial charge in [0, 0.05) is 17.3 Å². The van der Waals surface area contributed by atoms with Gasteiger partial charge in [-0.3, -0.25) is 4.79 Å². The van der Waals surface area contributed by atoms with Crippen molar-refractivity contribution in [2.24, 2.45) is 0 Å². The summed E-state index contributed by atoms with van der Waals surface area (Å²) in [5, 5.41) is 18.4. The molecule has 0 unspecified atom stereocenters. The molecule has 0 aliphatic heterocycles. The largest absolute Gasteiger partial charge is 0.351 e. The van der Waals surface area contributed by atoms with Crippen LogP contribution in [0.25, 0.3) is 11.4 Å². The van der Waals surface area contributed by atoms with Gasteiger partial charge in [0.25, 0.3) is 5.91 Å². The van der Waals surface area contributed by atoms with Gasteiger partial charge < -0.3 is 9.84 Å². The number of tetrazole rings is 1. The van der Waals surface area contributed by atoms with E-state index in [9.17, 15) is 4.79 Å². The van der Waals surface area contributed by atoms with E-state index in [0.717, 1.165) is 18.4 Å². The SMILES string of the molecule is Cc1cc(C(=O)Nc2cccc(-c3nnnn3C3CC3)c2)on1. The van der Waals surface area contributed by atoms with E-state index in [-0.39, 0.29) is 11.7 Å². The van der Waals surface area contributed by atoms with E-state index in [0.29, 0.717) is 23.2 Å². The third-order valence-electron chi connectivity index (χ3n) is 3.62. The Hall–Kier alpha value is -3.03. The van der Waals surface area contributed by atoms with Crippen molar-refractivity contribution in [2.75, 3.05) is 5.32 Å². The van der Waals surface area contributed by atoms with E-state index in [2.05, 4.69) is 26.0 Å². The molecule has 4 rings (SSSR count). The van der Waals surface area contributed by atoms with Crippen LogP contribution in [0.2, 0.25) is 0 Å². The van der Waals surface area contributed by atoms with Crippen molar-refractivity contribution in [3.05, 3.63) is 41.8 Å². The number of rotatable bonds is 4. The number of benzene rings is 1. The molecule has 1 aliphatic rings. The second-order valence-electron chi connectivity index (χ2n) is 5.55. The molecule has 0 atom stereocenters. The number of anilines is 1. The zero-order valence-electron chi connectivity index (χ0n) is 12.4. The first-order chi connectivity index (χ1) is 11.2. The topological polar surface area (TPSA) is 98.7 Å². The standard InChI is InChI=1S/C15H14N6O2/c1-9-7-13(23-18-9)15(22)16-11-4-2-3-10(8-11)14-17-19-20-21(14)12-5-6-12/h2-4,7-8,12H,5-6H2,1H3,(H,16,22). The Morgan fingerprint density at radius 3 is 2.96 bits per heavy atom. The van der Waals surface area contributed by atoms with E-state index in [4.69, 9.17) is 4.52 Å². The van der Waals surface area contributed by atoms with E-state index >= 15 is 0 Å². The maximum atomic E-state index is 12.1. The molecule has 1 saturated carbocycles. The van der Waals surface area contributed by atoms with Crippen LogP contribution in [-0.4, -0.2) is 31.3 Å². The van der Waals surface area contributed by atoms with E-state index in [1.807, 2.05) is 22.9 Å². The second-order valence-corrected chi connectivity index (χ2v) is 5.55. The molecule has 1 aromatic carbocycles. The van der Waals surface area contributed by atoms with Crippen LogP contribution in [0.4, 0.5) is 5.69 Å². The summed E-state index contributed by atoms with van der Waals surface area (Å²) in [6, 6.07) is 9.38. The van der Waals surface area contributed by atoms with Gasteiger partial charge in [-0.25, -0.2) is 4.68 Å². The molecule has 0 bridgehead atoms. The maximum Gasteiger partial charge on any atom is 0.294 e. The van der Waals surface area contributed by atoms with Crippen molar-refractivity contribution in [1.82, 2.24) is 25.4 Å². The summed E-state index contributed by atoms with van der Waals surface area (Å²) in [6.07, 6.45) is 2.19. The highest BCUT2D eigenvalue weighted by Gasteiger charge is 2.28. The molecule has 116 valence electrons. The van der Waals surface area contributed by atoms with Crippen LogP contribution in [0, 0.1) is 6.92 Å². The highest BCUT2D eigenvalue weighted by atomic mass is 16.5. The predicted molar refractivity (Wildman–Crippen MR) is 80.7 cm³/mol. The number of nitrogens with zero attached hydrogens (tertiary/aromatic N) is 5. The van der Waals surface area contributed by atoms with Gasteiger partial charge in [-0.1, -0.05) is 17.3 Å². The van der Waals surface area contributed by atoms with Crippen molar-refractivity contribution in [2.45, 2.75) is 25.8 Å². The summed E-state index contributed by atoms with van der Waals surface area (Å²) in [6.45, 7) is 1.76. The lowest BCUT2D eigenvalue weighted by molar-refractivity contribution is 0.0988. The van der Waals surface area contributed by atoms with E-state index in [1.54, 1.807) is 19.1 Å². The second kappa shape index (κ2) is 5.31. The van der Waals surface area contributed by atoms with Crippen LogP contribution < -0.4 is 5.32 Å². The van der Waals surface area contributed by atoms with Crippen molar-refractivity contribution in [3.63, 3.8) is 0 Å². The van der Waals surface area contributed by atoms with Crippen molar-refractivity contribution < 1.29 is 9.32 Å². The van der Waals surface area contributed by atoms with Crippen LogP contribution in [-0.2, 0) is 0 Å². The number of hydrogen-bond acceptors (Lipinski definition) is 6. The van der Waals surface area contributed by atoms with Gasteiger partial charge >= 0.3 is 0 Å². The lowest BCUT2D eigenvalue weighted by Gasteiger charge is -2.06. The fraction of sp³-hybridized carbons (Fsp3) is 0.267. The minimum absolute atomic E-state index is 0.177. The summed E-state index contributed by atoms with van der Waals surface area (Å²) >= 11 is 0. The summed E-state index contributed by atoms with van der Waals surface area (Å²) in [7, 11) is 0. The predicted octanol–water partition coefficient (Wildman–Crippen LogP) is 2.22. The van der Waals surface area contributed by atoms with Crippen LogP contribution in [0.5, 0.6) is 0 Å². The summed E-state index contributed by atoms with van der Waals surface area (Å²) in [4.78, 5) is 12.1. The normalized spacial score (nSPS) is 14.0. The molecule has 1 N–H and O–H groups in total. The van der Waals surface area contributed by atoms with Crippen molar-refractivity contribution >= 4 is 11.6 Å². The summed E-state index contributed by atoms with van der Waals surface area (Å²) < 4.78 is 6.80. The average Bonchev–Trinajstić information content (AvgIpc) is 3.10. The molecule has 2 heterocycles. The Morgan fingerprint density at radius 1 is 1.35 bits per heavy atom. The molecule has 3 aromatic rings. The van der Waals surface area contributed by atoms with Crippen molar-refractivity contribution in [1.29, 1.82) is 0 Å². The zero-order valence-corrected chi connectivity index (χ0v) is 12.4. The third kappa shape index (κ3) is 2.70. The number of nitrogens with one attached hydrogen (secondary N) is 1. The van der Waals surface area contributed by atoms with Gasteiger partial charge in [0.1, 0.15) is 0 Å². The first kappa shape index (κ1) is 13.6. The first-order valence-electron chi connectivity index (χ1n) is 7.34. The average molecular weight is 310 g/mol. The Morgan fingerprint density at radius 2 is 2.22 bits per heavy atom. The zero-order chi connectivity index (χ0) is 15.8. The minimum atomic E-state index is -0.343. The number of hydrogen-bond donors (Lipinski definition) is 1. The first-order valence-corrected chi connectivity index (χ1v) is 7.34. The summed E-state index contributed by atoms with van der Waals surface area (Å²) in [5.41, 5.74) is 2.16. The number of carbonyl (C=O) groups is 1. The molecule has 23 heavy (non-hydrogen) atoms. The number of carbonyl (C=O) groups excluding carboxylic acids is 1. The van der Waals surface area contributed by atoms with Crippen LogP contribution >= 0.6 is 0 Å². The molecule has 8 heteroatoms. The molecule has 1 amide bonds. The lowest BCUT2D eigenvalue weighted by atomic mass is 10.2. The number of aryl methyl sites for hydroxylation is 1. The monoisotopic (exact) mass is 310 g/mol. The van der Waals surface area contributed by atoms with Crippen LogP contribution in [0.1, 0.15) is 35.1 Å². The highest BCUT2D eigenvalue weighted by Crippen LogP contribution is 2.36. The van der Waals surface area contributed by atoms with Gasteiger partial charge in [0.05, 0.1) is 11.7 Å². The van der Waals surface area contributed by atoms with Crippen LogP contribution in [0.3, 0.4) is 0 Å². The molecule has 2 aromatic heterocycles. The fourth-order valence-corrected chi connectivity index (χ4v) is 2.35. The molecule has 1 fully saturated rings. The number of aromatic nitrogens is 5. The van der Waals surface area contributed by atoms with E-state index in [1.165, 1.54) is 0 Å². The fourth-order valence-electron chi connectivity index (χ4n) is 2.35.